The van der Waals surface area contributed by atoms with Crippen molar-refractivity contribution in [2.75, 3.05) is 23.9 Å². The summed E-state index contributed by atoms with van der Waals surface area (Å²) in [5.41, 5.74) is 2.84. The second kappa shape index (κ2) is 7.90. The average Bonchev–Trinajstić information content (AvgIpc) is 3.02. The van der Waals surface area contributed by atoms with E-state index in [0.717, 1.165) is 23.0 Å². The van der Waals surface area contributed by atoms with Crippen LogP contribution in [0.1, 0.15) is 12.0 Å². The van der Waals surface area contributed by atoms with Crippen LogP contribution in [0, 0.1) is 18.6 Å². The normalized spacial score (nSPS) is 10.8. The highest BCUT2D eigenvalue weighted by molar-refractivity contribution is 5.63. The Morgan fingerprint density at radius 3 is 2.46 bits per heavy atom. The van der Waals surface area contributed by atoms with E-state index in [1.165, 1.54) is 23.1 Å². The van der Waals surface area contributed by atoms with E-state index >= 15 is 0 Å². The number of nitrogens with zero attached hydrogens (tertiary/aromatic N) is 3. The molecule has 0 fully saturated rings. The molecule has 0 aliphatic rings. The van der Waals surface area contributed by atoms with Gasteiger partial charge in [0, 0.05) is 24.0 Å². The molecule has 0 saturated heterocycles. The Morgan fingerprint density at radius 2 is 1.73 bits per heavy atom. The van der Waals surface area contributed by atoms with Gasteiger partial charge in [-0.1, -0.05) is 0 Å². The average molecular weight is 361 g/mol. The van der Waals surface area contributed by atoms with Gasteiger partial charge in [0.2, 0.25) is 5.95 Å². The van der Waals surface area contributed by atoms with Crippen LogP contribution in [0.25, 0.3) is 5.69 Å². The van der Waals surface area contributed by atoms with Crippen molar-refractivity contribution in [3.8, 4) is 5.69 Å². The van der Waals surface area contributed by atoms with Gasteiger partial charge >= 0.3 is 0 Å². The molecule has 8 heteroatoms. The topological polar surface area (TPSA) is 54.8 Å². The van der Waals surface area contributed by atoms with Gasteiger partial charge < -0.3 is 10.6 Å². The molecular weight excluding hydrogens is 343 g/mol. The zero-order chi connectivity index (χ0) is 18.5. The van der Waals surface area contributed by atoms with Crippen LogP contribution in [0.4, 0.5) is 30.5 Å². The summed E-state index contributed by atoms with van der Waals surface area (Å²) in [7, 11) is 0. The smallest absolute Gasteiger partial charge is 0.246 e. The van der Waals surface area contributed by atoms with Gasteiger partial charge in [-0.3, -0.25) is 4.39 Å². The van der Waals surface area contributed by atoms with E-state index in [1.807, 2.05) is 25.1 Å². The van der Waals surface area contributed by atoms with Crippen LogP contribution in [0.15, 0.2) is 42.7 Å². The predicted octanol–water partition coefficient (Wildman–Crippen LogP) is 4.37. The summed E-state index contributed by atoms with van der Waals surface area (Å²) in [5, 5.41) is 10.4. The minimum atomic E-state index is -0.687. The molecule has 136 valence electrons. The van der Waals surface area contributed by atoms with Crippen LogP contribution in [0.5, 0.6) is 0 Å². The third kappa shape index (κ3) is 4.53. The summed E-state index contributed by atoms with van der Waals surface area (Å²) in [6.07, 6.45) is 1.81. The van der Waals surface area contributed by atoms with Gasteiger partial charge in [-0.2, -0.15) is 4.98 Å². The Bertz CT molecular complexity index is 874. The van der Waals surface area contributed by atoms with E-state index in [9.17, 15) is 13.2 Å². The lowest BCUT2D eigenvalue weighted by Gasteiger charge is -2.10. The van der Waals surface area contributed by atoms with Crippen molar-refractivity contribution in [1.29, 1.82) is 0 Å². The first-order valence-electron chi connectivity index (χ1n) is 8.10. The number of hydrogen-bond donors (Lipinski definition) is 2. The molecule has 3 aromatic rings. The van der Waals surface area contributed by atoms with Crippen molar-refractivity contribution in [1.82, 2.24) is 14.8 Å². The second-order valence-corrected chi connectivity index (χ2v) is 5.82. The Kier molecular flexibility index (Phi) is 5.40. The van der Waals surface area contributed by atoms with Gasteiger partial charge in [-0.25, -0.2) is 13.5 Å². The molecule has 1 heterocycles. The van der Waals surface area contributed by atoms with E-state index in [2.05, 4.69) is 20.7 Å². The molecule has 0 atom stereocenters. The molecule has 1 aromatic heterocycles. The third-order valence-corrected chi connectivity index (χ3v) is 3.58. The van der Waals surface area contributed by atoms with Crippen LogP contribution in [-0.4, -0.2) is 28.0 Å². The largest absolute Gasteiger partial charge is 0.385 e. The molecule has 26 heavy (non-hydrogen) atoms. The lowest BCUT2D eigenvalue weighted by molar-refractivity contribution is 0.481. The number of hydrogen-bond acceptors (Lipinski definition) is 4. The Balaban J connectivity index is 1.76. The van der Waals surface area contributed by atoms with E-state index in [1.54, 1.807) is 0 Å². The molecule has 0 unspecified atom stereocenters. The number of rotatable bonds is 7. The van der Waals surface area contributed by atoms with Crippen molar-refractivity contribution < 1.29 is 13.2 Å². The fourth-order valence-electron chi connectivity index (χ4n) is 2.50. The summed E-state index contributed by atoms with van der Waals surface area (Å²) in [5.74, 6) is -1.09. The second-order valence-electron chi connectivity index (χ2n) is 5.82. The fourth-order valence-corrected chi connectivity index (χ4v) is 2.50. The number of anilines is 3. The van der Waals surface area contributed by atoms with Crippen LogP contribution in [-0.2, 0) is 0 Å². The zero-order valence-electron chi connectivity index (χ0n) is 14.1. The number of halogens is 3. The molecular formula is C18H18F3N5. The van der Waals surface area contributed by atoms with E-state index in [4.69, 9.17) is 0 Å². The molecule has 0 aliphatic heterocycles. The predicted molar refractivity (Wildman–Crippen MR) is 94.8 cm³/mol. The molecule has 3 rings (SSSR count). The standard InChI is InChI=1S/C18H18F3N5/c1-12-5-15(22-4-2-3-19)10-16(6-12)24-18-23-11-26(25-18)17-8-13(20)7-14(21)9-17/h5-11,22H,2-4H2,1H3,(H,24,25). The molecule has 0 spiro atoms. The van der Waals surface area contributed by atoms with Crippen LogP contribution < -0.4 is 10.6 Å². The zero-order valence-corrected chi connectivity index (χ0v) is 14.1. The molecule has 0 radical (unpaired) electrons. The quantitative estimate of drug-likeness (QED) is 0.614. The van der Waals surface area contributed by atoms with E-state index in [0.29, 0.717) is 13.0 Å². The first-order chi connectivity index (χ1) is 12.5. The SMILES string of the molecule is Cc1cc(NCCCF)cc(Nc2ncn(-c3cc(F)cc(F)c3)n2)c1. The monoisotopic (exact) mass is 361 g/mol. The molecule has 0 aliphatic carbocycles. The Morgan fingerprint density at radius 1 is 1.00 bits per heavy atom. The molecule has 2 aromatic carbocycles. The summed E-state index contributed by atoms with van der Waals surface area (Å²) in [4.78, 5) is 4.11. The number of nitrogens with one attached hydrogen (secondary N) is 2. The molecule has 0 saturated carbocycles. The van der Waals surface area contributed by atoms with Gasteiger partial charge in [0.25, 0.3) is 0 Å². The van der Waals surface area contributed by atoms with Gasteiger partial charge in [-0.15, -0.1) is 5.10 Å². The maximum Gasteiger partial charge on any atom is 0.246 e. The summed E-state index contributed by atoms with van der Waals surface area (Å²) < 4.78 is 40.2. The minimum Gasteiger partial charge on any atom is -0.385 e. The maximum atomic E-state index is 13.3. The number of alkyl halides is 1. The fraction of sp³-hybridized carbons (Fsp3) is 0.222. The van der Waals surface area contributed by atoms with Gasteiger partial charge in [0.05, 0.1) is 12.4 Å². The van der Waals surface area contributed by atoms with Gasteiger partial charge in [0.15, 0.2) is 0 Å². The van der Waals surface area contributed by atoms with Crippen molar-refractivity contribution in [2.45, 2.75) is 13.3 Å². The highest BCUT2D eigenvalue weighted by Crippen LogP contribution is 2.21. The number of benzene rings is 2. The maximum absolute atomic E-state index is 13.3. The Labute approximate surface area is 148 Å². The summed E-state index contributed by atoms with van der Waals surface area (Å²) >= 11 is 0. The lowest BCUT2D eigenvalue weighted by Crippen LogP contribution is -2.03. The summed E-state index contributed by atoms with van der Waals surface area (Å²) in [6.45, 7) is 2.11. The number of aryl methyl sites for hydroxylation is 1. The molecule has 5 nitrogen and oxygen atoms in total. The van der Waals surface area contributed by atoms with Crippen LogP contribution >= 0.6 is 0 Å². The Hall–Kier alpha value is -3.03. The van der Waals surface area contributed by atoms with Gasteiger partial charge in [0.1, 0.15) is 18.0 Å². The van der Waals surface area contributed by atoms with Crippen molar-refractivity contribution in [2.24, 2.45) is 0 Å². The lowest BCUT2D eigenvalue weighted by atomic mass is 10.2. The van der Waals surface area contributed by atoms with Crippen molar-refractivity contribution >= 4 is 17.3 Å². The van der Waals surface area contributed by atoms with Crippen LogP contribution in [0.2, 0.25) is 0 Å². The minimum absolute atomic E-state index is 0.237. The summed E-state index contributed by atoms with van der Waals surface area (Å²) in [6, 6.07) is 8.84. The third-order valence-electron chi connectivity index (χ3n) is 3.58. The van der Waals surface area contributed by atoms with Gasteiger partial charge in [-0.05, 0) is 49.2 Å². The highest BCUT2D eigenvalue weighted by Gasteiger charge is 2.07. The highest BCUT2D eigenvalue weighted by atomic mass is 19.1. The van der Waals surface area contributed by atoms with E-state index < -0.39 is 11.6 Å². The molecule has 0 bridgehead atoms. The first kappa shape index (κ1) is 17.8. The van der Waals surface area contributed by atoms with Crippen LogP contribution in [0.3, 0.4) is 0 Å². The van der Waals surface area contributed by atoms with Crippen molar-refractivity contribution in [3.63, 3.8) is 0 Å². The first-order valence-corrected chi connectivity index (χ1v) is 8.10. The number of aromatic nitrogens is 3. The molecule has 2 N–H and O–H groups in total. The molecule has 0 amide bonds. The van der Waals surface area contributed by atoms with E-state index in [-0.39, 0.29) is 18.3 Å². The van der Waals surface area contributed by atoms with Crippen molar-refractivity contribution in [3.05, 3.63) is 59.9 Å².